The first-order chi connectivity index (χ1) is 15.0. The molecule has 2 N–H and O–H groups in total. The van der Waals surface area contributed by atoms with Gasteiger partial charge in [0.05, 0.1) is 17.1 Å². The largest absolute Gasteiger partial charge is 0.368 e. The fraction of sp³-hybridized carbons (Fsp3) is 0.292. The number of thiazole rings is 1. The second-order valence-corrected chi connectivity index (χ2v) is 8.95. The van der Waals surface area contributed by atoms with Crippen LogP contribution in [-0.2, 0) is 20.7 Å². The third-order valence-electron chi connectivity index (χ3n) is 5.11. The minimum Gasteiger partial charge on any atom is -0.368 e. The maximum atomic E-state index is 12.6. The summed E-state index contributed by atoms with van der Waals surface area (Å²) < 4.78 is 5.40. The van der Waals surface area contributed by atoms with Crippen molar-refractivity contribution < 1.29 is 14.3 Å². The van der Waals surface area contributed by atoms with Gasteiger partial charge < -0.3 is 15.4 Å². The van der Waals surface area contributed by atoms with Crippen molar-refractivity contribution in [1.29, 1.82) is 0 Å². The predicted molar refractivity (Wildman–Crippen MR) is 123 cm³/mol. The summed E-state index contributed by atoms with van der Waals surface area (Å²) in [4.78, 5) is 30.4. The number of aryl methyl sites for hydroxylation is 2. The van der Waals surface area contributed by atoms with Gasteiger partial charge in [0.25, 0.3) is 5.91 Å². The number of nitrogens with one attached hydrogen (secondary N) is 2. The molecule has 1 aliphatic heterocycles. The van der Waals surface area contributed by atoms with E-state index in [0.29, 0.717) is 18.0 Å². The number of ether oxygens (including phenoxy) is 1. The predicted octanol–water partition coefficient (Wildman–Crippen LogP) is 4.73. The zero-order chi connectivity index (χ0) is 21.8. The molecule has 7 heteroatoms. The van der Waals surface area contributed by atoms with Gasteiger partial charge in [-0.25, -0.2) is 4.98 Å². The maximum absolute atomic E-state index is 12.6. The second kappa shape index (κ2) is 9.41. The van der Waals surface area contributed by atoms with E-state index < -0.39 is 0 Å². The Balaban J connectivity index is 1.38. The summed E-state index contributed by atoms with van der Waals surface area (Å²) in [5.41, 5.74) is 4.43. The molecule has 1 unspecified atom stereocenters. The van der Waals surface area contributed by atoms with Crippen LogP contribution in [0.3, 0.4) is 0 Å². The van der Waals surface area contributed by atoms with E-state index in [4.69, 9.17) is 4.74 Å². The van der Waals surface area contributed by atoms with Gasteiger partial charge in [-0.1, -0.05) is 29.8 Å². The van der Waals surface area contributed by atoms with Crippen LogP contribution in [0.25, 0.3) is 11.3 Å². The highest BCUT2D eigenvalue weighted by molar-refractivity contribution is 7.12. The van der Waals surface area contributed by atoms with Crippen LogP contribution in [-0.4, -0.2) is 29.5 Å². The van der Waals surface area contributed by atoms with Gasteiger partial charge in [0, 0.05) is 28.4 Å². The number of carbonyl (C=O) groups is 2. The highest BCUT2D eigenvalue weighted by Crippen LogP contribution is 2.29. The Hall–Kier alpha value is -3.03. The number of aromatic nitrogens is 1. The zero-order valence-corrected chi connectivity index (χ0v) is 18.4. The molecular weight excluding hydrogens is 410 g/mol. The van der Waals surface area contributed by atoms with Gasteiger partial charge in [-0.05, 0) is 51.0 Å². The first kappa shape index (κ1) is 21.2. The average molecular weight is 436 g/mol. The van der Waals surface area contributed by atoms with Crippen LogP contribution >= 0.6 is 11.3 Å². The molecule has 1 aliphatic rings. The zero-order valence-electron chi connectivity index (χ0n) is 17.6. The fourth-order valence-electron chi connectivity index (χ4n) is 3.52. The summed E-state index contributed by atoms with van der Waals surface area (Å²) in [7, 11) is 0. The minimum atomic E-state index is -0.370. The molecule has 31 heavy (non-hydrogen) atoms. The van der Waals surface area contributed by atoms with E-state index in [1.165, 1.54) is 5.56 Å². The van der Waals surface area contributed by atoms with Gasteiger partial charge in [0.2, 0.25) is 5.91 Å². The number of hydrogen-bond acceptors (Lipinski definition) is 5. The van der Waals surface area contributed by atoms with E-state index in [1.54, 1.807) is 35.6 Å². The van der Waals surface area contributed by atoms with E-state index in [-0.39, 0.29) is 24.3 Å². The summed E-state index contributed by atoms with van der Waals surface area (Å²) in [6.45, 7) is 4.63. The van der Waals surface area contributed by atoms with Gasteiger partial charge in [-0.3, -0.25) is 9.59 Å². The van der Waals surface area contributed by atoms with E-state index in [0.717, 1.165) is 34.0 Å². The number of benzene rings is 2. The first-order valence-corrected chi connectivity index (χ1v) is 11.2. The number of anilines is 2. The number of amides is 2. The summed E-state index contributed by atoms with van der Waals surface area (Å²) in [6.07, 6.45) is 1.55. The molecule has 0 bridgehead atoms. The van der Waals surface area contributed by atoms with E-state index >= 15 is 0 Å². The van der Waals surface area contributed by atoms with Crippen LogP contribution in [0.2, 0.25) is 0 Å². The van der Waals surface area contributed by atoms with Crippen LogP contribution in [0.15, 0.2) is 48.5 Å². The minimum absolute atomic E-state index is 0.104. The molecule has 4 rings (SSSR count). The van der Waals surface area contributed by atoms with Gasteiger partial charge in [-0.15, -0.1) is 11.3 Å². The standard InChI is InChI=1S/C24H25N3O3S/c1-15-5-7-17(8-6-15)23-21(31-16(2)25-23)14-22(28)26-18-9-11-19(12-10-18)27-24(29)20-4-3-13-30-20/h5-12,20H,3-4,13-14H2,1-2H3,(H,26,28)(H,27,29). The summed E-state index contributed by atoms with van der Waals surface area (Å²) in [5.74, 6) is -0.230. The number of nitrogens with zero attached hydrogens (tertiary/aromatic N) is 1. The van der Waals surface area contributed by atoms with Crippen molar-refractivity contribution in [2.45, 2.75) is 39.2 Å². The molecule has 2 aromatic carbocycles. The highest BCUT2D eigenvalue weighted by atomic mass is 32.1. The molecule has 160 valence electrons. The van der Waals surface area contributed by atoms with Crippen LogP contribution < -0.4 is 10.6 Å². The molecule has 0 saturated carbocycles. The van der Waals surface area contributed by atoms with Crippen molar-refractivity contribution in [2.24, 2.45) is 0 Å². The van der Waals surface area contributed by atoms with Gasteiger partial charge >= 0.3 is 0 Å². The quantitative estimate of drug-likeness (QED) is 0.587. The van der Waals surface area contributed by atoms with Crippen molar-refractivity contribution in [1.82, 2.24) is 4.98 Å². The van der Waals surface area contributed by atoms with Gasteiger partial charge in [0.15, 0.2) is 0 Å². The van der Waals surface area contributed by atoms with Gasteiger partial charge in [0.1, 0.15) is 6.10 Å². The lowest BCUT2D eigenvalue weighted by Crippen LogP contribution is -2.26. The topological polar surface area (TPSA) is 80.3 Å². The van der Waals surface area contributed by atoms with Crippen molar-refractivity contribution in [2.75, 3.05) is 17.2 Å². The Bertz CT molecular complexity index is 1070. The average Bonchev–Trinajstić information content (AvgIpc) is 3.40. The lowest BCUT2D eigenvalue weighted by atomic mass is 10.1. The van der Waals surface area contributed by atoms with Crippen molar-refractivity contribution in [3.8, 4) is 11.3 Å². The normalized spacial score (nSPS) is 15.6. The molecule has 0 aliphatic carbocycles. The lowest BCUT2D eigenvalue weighted by Gasteiger charge is -2.11. The van der Waals surface area contributed by atoms with Crippen LogP contribution in [0, 0.1) is 13.8 Å². The van der Waals surface area contributed by atoms with Gasteiger partial charge in [-0.2, -0.15) is 0 Å². The maximum Gasteiger partial charge on any atom is 0.253 e. The van der Waals surface area contributed by atoms with Crippen LogP contribution in [0.1, 0.15) is 28.3 Å². The van der Waals surface area contributed by atoms with E-state index in [1.807, 2.05) is 38.1 Å². The number of hydrogen-bond donors (Lipinski definition) is 2. The smallest absolute Gasteiger partial charge is 0.253 e. The highest BCUT2D eigenvalue weighted by Gasteiger charge is 2.23. The molecule has 6 nitrogen and oxygen atoms in total. The third kappa shape index (κ3) is 5.37. The van der Waals surface area contributed by atoms with E-state index in [9.17, 15) is 9.59 Å². The summed E-state index contributed by atoms with van der Waals surface area (Å²) >= 11 is 1.54. The molecular formula is C24H25N3O3S. The summed E-state index contributed by atoms with van der Waals surface area (Å²) in [6, 6.07) is 15.3. The number of carbonyl (C=O) groups excluding carboxylic acids is 2. The third-order valence-corrected chi connectivity index (χ3v) is 6.08. The Morgan fingerprint density at radius 2 is 1.71 bits per heavy atom. The van der Waals surface area contributed by atoms with Crippen LogP contribution in [0.4, 0.5) is 11.4 Å². The van der Waals surface area contributed by atoms with Crippen molar-refractivity contribution >= 4 is 34.5 Å². The molecule has 1 saturated heterocycles. The fourth-order valence-corrected chi connectivity index (χ4v) is 4.48. The molecule has 2 amide bonds. The monoisotopic (exact) mass is 435 g/mol. The first-order valence-electron chi connectivity index (χ1n) is 10.3. The molecule has 0 spiro atoms. The van der Waals surface area contributed by atoms with Crippen LogP contribution in [0.5, 0.6) is 0 Å². The molecule has 0 radical (unpaired) electrons. The molecule has 1 aromatic heterocycles. The second-order valence-electron chi connectivity index (χ2n) is 7.66. The Morgan fingerprint density at radius 1 is 1.03 bits per heavy atom. The Morgan fingerprint density at radius 3 is 2.35 bits per heavy atom. The molecule has 1 atom stereocenters. The summed E-state index contributed by atoms with van der Waals surface area (Å²) in [5, 5.41) is 6.71. The van der Waals surface area contributed by atoms with E-state index in [2.05, 4.69) is 15.6 Å². The molecule has 1 fully saturated rings. The molecule has 2 heterocycles. The van der Waals surface area contributed by atoms with Crippen molar-refractivity contribution in [3.05, 3.63) is 64.0 Å². The Kier molecular flexibility index (Phi) is 6.44. The molecule has 3 aromatic rings. The van der Waals surface area contributed by atoms with Crippen molar-refractivity contribution in [3.63, 3.8) is 0 Å². The lowest BCUT2D eigenvalue weighted by molar-refractivity contribution is -0.124. The number of rotatable bonds is 6. The SMILES string of the molecule is Cc1ccc(-c2nc(C)sc2CC(=O)Nc2ccc(NC(=O)C3CCCO3)cc2)cc1. The Labute approximate surface area is 185 Å².